The number of likely N-dealkylation sites (tertiary alicyclic amines) is 1. The summed E-state index contributed by atoms with van der Waals surface area (Å²) in [5, 5.41) is 0. The molecule has 138 valence electrons. The van der Waals surface area contributed by atoms with Gasteiger partial charge in [-0.25, -0.2) is 0 Å². The number of nitrogens with zero attached hydrogens (tertiary/aromatic N) is 5. The Labute approximate surface area is 148 Å². The Balaban J connectivity index is 1.58. The average Bonchev–Trinajstić information content (AvgIpc) is 2.63. The third-order valence-corrected chi connectivity index (χ3v) is 4.90. The van der Waals surface area contributed by atoms with Gasteiger partial charge >= 0.3 is 5.97 Å². The van der Waals surface area contributed by atoms with Gasteiger partial charge in [0.2, 0.25) is 11.9 Å². The minimum Gasteiger partial charge on any atom is -0.466 e. The second-order valence-electron chi connectivity index (χ2n) is 6.76. The molecule has 0 atom stereocenters. The van der Waals surface area contributed by atoms with Gasteiger partial charge in [0.05, 0.1) is 19.1 Å². The summed E-state index contributed by atoms with van der Waals surface area (Å²) in [5.74, 6) is 1.64. The predicted molar refractivity (Wildman–Crippen MR) is 94.9 cm³/mol. The molecule has 0 amide bonds. The molecular formula is C17H28N6O2. The van der Waals surface area contributed by atoms with Crippen molar-refractivity contribution in [2.24, 2.45) is 5.92 Å². The maximum atomic E-state index is 11.8. The van der Waals surface area contributed by atoms with Crippen molar-refractivity contribution >= 4 is 17.9 Å². The number of nitrogens with two attached hydrogens (primary N) is 1. The molecule has 1 aromatic heterocycles. The summed E-state index contributed by atoms with van der Waals surface area (Å²) in [6.07, 6.45) is 5.24. The van der Waals surface area contributed by atoms with Crippen molar-refractivity contribution in [1.29, 1.82) is 0 Å². The first-order valence-electron chi connectivity index (χ1n) is 9.30. The standard InChI is InChI=1S/C17H28N6O2/c1-2-25-15(24)13-6-10-22(11-7-13)12-14-19-16(18)21-17(20-14)23-8-4-3-5-9-23/h13H,2-12H2,1H3,(H2,18,19,20,21). The Hall–Kier alpha value is -1.96. The molecule has 8 nitrogen and oxygen atoms in total. The zero-order chi connectivity index (χ0) is 17.6. The number of anilines is 2. The first-order valence-corrected chi connectivity index (χ1v) is 9.30. The van der Waals surface area contributed by atoms with Gasteiger partial charge in [-0.15, -0.1) is 0 Å². The highest BCUT2D eigenvalue weighted by molar-refractivity contribution is 5.72. The molecule has 2 aliphatic rings. The van der Waals surface area contributed by atoms with Crippen molar-refractivity contribution in [3.8, 4) is 0 Å². The van der Waals surface area contributed by atoms with Crippen LogP contribution in [0.5, 0.6) is 0 Å². The van der Waals surface area contributed by atoms with Crippen molar-refractivity contribution in [3.05, 3.63) is 5.82 Å². The summed E-state index contributed by atoms with van der Waals surface area (Å²) in [5.41, 5.74) is 5.90. The Morgan fingerprint density at radius 1 is 1.12 bits per heavy atom. The van der Waals surface area contributed by atoms with E-state index in [1.165, 1.54) is 19.3 Å². The van der Waals surface area contributed by atoms with Crippen LogP contribution in [0.4, 0.5) is 11.9 Å². The number of nitrogen functional groups attached to an aromatic ring is 1. The van der Waals surface area contributed by atoms with Crippen molar-refractivity contribution < 1.29 is 9.53 Å². The van der Waals surface area contributed by atoms with Crippen LogP contribution in [-0.2, 0) is 16.1 Å². The maximum Gasteiger partial charge on any atom is 0.309 e. The van der Waals surface area contributed by atoms with Gasteiger partial charge in [-0.2, -0.15) is 15.0 Å². The lowest BCUT2D eigenvalue weighted by molar-refractivity contribution is -0.149. The van der Waals surface area contributed by atoms with E-state index in [2.05, 4.69) is 24.8 Å². The fourth-order valence-corrected chi connectivity index (χ4v) is 3.52. The lowest BCUT2D eigenvalue weighted by Gasteiger charge is -2.30. The summed E-state index contributed by atoms with van der Waals surface area (Å²) >= 11 is 0. The molecule has 2 saturated heterocycles. The molecule has 25 heavy (non-hydrogen) atoms. The molecule has 0 radical (unpaired) electrons. The van der Waals surface area contributed by atoms with E-state index < -0.39 is 0 Å². The highest BCUT2D eigenvalue weighted by Crippen LogP contribution is 2.21. The number of hydrogen-bond acceptors (Lipinski definition) is 8. The molecule has 2 aliphatic heterocycles. The number of esters is 1. The number of carbonyl (C=O) groups excluding carboxylic acids is 1. The largest absolute Gasteiger partial charge is 0.466 e. The third kappa shape index (κ3) is 4.78. The molecule has 3 heterocycles. The normalized spacial score (nSPS) is 19.8. The van der Waals surface area contributed by atoms with Gasteiger partial charge in [-0.05, 0) is 52.1 Å². The highest BCUT2D eigenvalue weighted by atomic mass is 16.5. The van der Waals surface area contributed by atoms with E-state index in [4.69, 9.17) is 10.5 Å². The van der Waals surface area contributed by atoms with Crippen molar-refractivity contribution in [1.82, 2.24) is 19.9 Å². The minimum atomic E-state index is -0.0704. The quantitative estimate of drug-likeness (QED) is 0.793. The molecule has 0 aliphatic carbocycles. The van der Waals surface area contributed by atoms with Gasteiger partial charge in [-0.3, -0.25) is 9.69 Å². The average molecular weight is 348 g/mol. The third-order valence-electron chi connectivity index (χ3n) is 4.90. The number of piperidine rings is 2. The zero-order valence-corrected chi connectivity index (χ0v) is 15.0. The molecule has 1 aromatic rings. The van der Waals surface area contributed by atoms with Gasteiger partial charge in [0, 0.05) is 13.1 Å². The molecule has 0 spiro atoms. The summed E-state index contributed by atoms with van der Waals surface area (Å²) in [4.78, 5) is 29.5. The molecule has 8 heteroatoms. The smallest absolute Gasteiger partial charge is 0.309 e. The van der Waals surface area contributed by atoms with E-state index in [-0.39, 0.29) is 17.8 Å². The van der Waals surface area contributed by atoms with E-state index in [9.17, 15) is 4.79 Å². The number of carbonyl (C=O) groups is 1. The van der Waals surface area contributed by atoms with Gasteiger partial charge < -0.3 is 15.4 Å². The van der Waals surface area contributed by atoms with E-state index in [0.717, 1.165) is 39.0 Å². The van der Waals surface area contributed by atoms with Crippen LogP contribution in [0.1, 0.15) is 44.9 Å². The molecule has 0 saturated carbocycles. The van der Waals surface area contributed by atoms with Crippen LogP contribution in [0.15, 0.2) is 0 Å². The lowest BCUT2D eigenvalue weighted by atomic mass is 9.97. The van der Waals surface area contributed by atoms with E-state index in [0.29, 0.717) is 24.9 Å². The molecule has 0 unspecified atom stereocenters. The van der Waals surface area contributed by atoms with E-state index >= 15 is 0 Å². The fourth-order valence-electron chi connectivity index (χ4n) is 3.52. The minimum absolute atomic E-state index is 0.0172. The van der Waals surface area contributed by atoms with Gasteiger partial charge in [0.1, 0.15) is 5.82 Å². The Bertz CT molecular complexity index is 583. The van der Waals surface area contributed by atoms with Crippen molar-refractivity contribution in [2.75, 3.05) is 43.4 Å². The molecule has 2 fully saturated rings. The summed E-state index contributed by atoms with van der Waals surface area (Å²) < 4.78 is 5.12. The van der Waals surface area contributed by atoms with Crippen LogP contribution in [0.25, 0.3) is 0 Å². The SMILES string of the molecule is CCOC(=O)C1CCN(Cc2nc(N)nc(N3CCCCC3)n2)CC1. The van der Waals surface area contributed by atoms with E-state index in [1.54, 1.807) is 0 Å². The Morgan fingerprint density at radius 3 is 2.52 bits per heavy atom. The van der Waals surface area contributed by atoms with Crippen LogP contribution in [0.3, 0.4) is 0 Å². The predicted octanol–water partition coefficient (Wildman–Crippen LogP) is 1.22. The number of ether oxygens (including phenoxy) is 1. The summed E-state index contributed by atoms with van der Waals surface area (Å²) in [6, 6.07) is 0. The maximum absolute atomic E-state index is 11.8. The molecular weight excluding hydrogens is 320 g/mol. The Morgan fingerprint density at radius 2 is 1.84 bits per heavy atom. The molecule has 2 N–H and O–H groups in total. The van der Waals surface area contributed by atoms with Crippen LogP contribution in [-0.4, -0.2) is 58.6 Å². The van der Waals surface area contributed by atoms with Gasteiger partial charge in [0.15, 0.2) is 0 Å². The summed E-state index contributed by atoms with van der Waals surface area (Å²) in [7, 11) is 0. The number of rotatable bonds is 5. The topological polar surface area (TPSA) is 97.5 Å². The highest BCUT2D eigenvalue weighted by Gasteiger charge is 2.26. The second kappa shape index (κ2) is 8.42. The van der Waals surface area contributed by atoms with Crippen LogP contribution >= 0.6 is 0 Å². The molecule has 0 aromatic carbocycles. The zero-order valence-electron chi connectivity index (χ0n) is 15.0. The van der Waals surface area contributed by atoms with Crippen molar-refractivity contribution in [3.63, 3.8) is 0 Å². The van der Waals surface area contributed by atoms with Crippen molar-refractivity contribution in [2.45, 2.75) is 45.6 Å². The monoisotopic (exact) mass is 348 g/mol. The second-order valence-corrected chi connectivity index (χ2v) is 6.76. The summed E-state index contributed by atoms with van der Waals surface area (Å²) in [6.45, 7) is 6.58. The number of hydrogen-bond donors (Lipinski definition) is 1. The van der Waals surface area contributed by atoms with Crippen LogP contribution in [0.2, 0.25) is 0 Å². The van der Waals surface area contributed by atoms with E-state index in [1.807, 2.05) is 6.92 Å². The van der Waals surface area contributed by atoms with Gasteiger partial charge in [0.25, 0.3) is 0 Å². The fraction of sp³-hybridized carbons (Fsp3) is 0.765. The molecule has 3 rings (SSSR count). The first-order chi connectivity index (χ1) is 12.2. The van der Waals surface area contributed by atoms with Gasteiger partial charge in [-0.1, -0.05) is 0 Å². The first kappa shape index (κ1) is 17.8. The Kier molecular flexibility index (Phi) is 6.01. The van der Waals surface area contributed by atoms with Crippen LogP contribution < -0.4 is 10.6 Å². The lowest BCUT2D eigenvalue weighted by Crippen LogP contribution is -2.37. The number of aromatic nitrogens is 3. The van der Waals surface area contributed by atoms with Crippen LogP contribution in [0, 0.1) is 5.92 Å². The molecule has 0 bridgehead atoms.